The van der Waals surface area contributed by atoms with Crippen LogP contribution in [0.3, 0.4) is 0 Å². The van der Waals surface area contributed by atoms with Crippen molar-refractivity contribution in [2.24, 2.45) is 0 Å². The summed E-state index contributed by atoms with van der Waals surface area (Å²) in [6, 6.07) is 0. The third-order valence-corrected chi connectivity index (χ3v) is 3.87. The number of hydrogen-bond acceptors (Lipinski definition) is 2. The van der Waals surface area contributed by atoms with Crippen molar-refractivity contribution in [1.82, 2.24) is 0 Å². The molecule has 0 rings (SSSR count). The van der Waals surface area contributed by atoms with E-state index < -0.39 is 18.4 Å². The zero-order chi connectivity index (χ0) is 18.3. The summed E-state index contributed by atoms with van der Waals surface area (Å²) in [5.41, 5.74) is 0. The van der Waals surface area contributed by atoms with E-state index in [0.29, 0.717) is 19.6 Å². The second-order valence-corrected chi connectivity index (χ2v) is 6.11. The number of ether oxygens (including phenoxy) is 2. The van der Waals surface area contributed by atoms with Crippen molar-refractivity contribution in [2.45, 2.75) is 96.9 Å². The van der Waals surface area contributed by atoms with Gasteiger partial charge in [0, 0.05) is 26.1 Å². The van der Waals surface area contributed by atoms with Crippen LogP contribution < -0.4 is 0 Å². The molecule has 0 aliphatic heterocycles. The Kier molecular flexibility index (Phi) is 13.4. The van der Waals surface area contributed by atoms with Gasteiger partial charge < -0.3 is 9.47 Å². The van der Waals surface area contributed by atoms with Gasteiger partial charge in [-0.15, -0.1) is 0 Å². The van der Waals surface area contributed by atoms with Crippen LogP contribution in [-0.4, -0.2) is 25.2 Å². The van der Waals surface area contributed by atoms with Gasteiger partial charge in [0.25, 0.3) is 0 Å². The van der Waals surface area contributed by atoms with Crippen molar-refractivity contribution in [3.8, 4) is 0 Å². The zero-order valence-corrected chi connectivity index (χ0v) is 15.6. The van der Waals surface area contributed by atoms with Gasteiger partial charge in [0.2, 0.25) is 0 Å². The molecule has 0 bridgehead atoms. The van der Waals surface area contributed by atoms with Gasteiger partial charge in [-0.05, 0) is 32.8 Å². The van der Waals surface area contributed by atoms with Gasteiger partial charge in [-0.3, -0.25) is 0 Å². The summed E-state index contributed by atoms with van der Waals surface area (Å²) >= 11 is 0. The largest absolute Gasteiger partial charge is 0.389 e. The molecule has 24 heavy (non-hydrogen) atoms. The van der Waals surface area contributed by atoms with E-state index in [2.05, 4.69) is 6.92 Å². The monoisotopic (exact) mass is 352 g/mol. The molecule has 0 saturated heterocycles. The number of allylic oxidation sites excluding steroid dienone is 1. The summed E-state index contributed by atoms with van der Waals surface area (Å²) in [5.74, 6) is -0.876. The van der Waals surface area contributed by atoms with E-state index in [4.69, 9.17) is 9.47 Å². The van der Waals surface area contributed by atoms with Crippen molar-refractivity contribution >= 4 is 0 Å². The SMILES string of the molecule is CCCCCCCCCC(C=CCCC(F)(F)F)(OCC)OCC. The van der Waals surface area contributed by atoms with Gasteiger partial charge in [0.1, 0.15) is 0 Å². The van der Waals surface area contributed by atoms with Crippen LogP contribution in [0.1, 0.15) is 85.0 Å². The fraction of sp³-hybridized carbons (Fsp3) is 0.895. The standard InChI is InChI=1S/C19H35F3O2/c1-4-7-8-9-10-11-12-15-18(23-5-2,24-6-3)16-13-14-17-19(20,21)22/h13,16H,4-12,14-15,17H2,1-3H3. The fourth-order valence-electron chi connectivity index (χ4n) is 2.69. The Bertz CT molecular complexity index is 308. The van der Waals surface area contributed by atoms with Crippen LogP contribution in [-0.2, 0) is 9.47 Å². The van der Waals surface area contributed by atoms with Crippen molar-refractivity contribution in [1.29, 1.82) is 0 Å². The minimum atomic E-state index is -4.12. The topological polar surface area (TPSA) is 18.5 Å². The number of hydrogen-bond donors (Lipinski definition) is 0. The second-order valence-electron chi connectivity index (χ2n) is 6.11. The first-order chi connectivity index (χ1) is 11.4. The molecule has 144 valence electrons. The molecular formula is C19H35F3O2. The van der Waals surface area contributed by atoms with Crippen LogP contribution >= 0.6 is 0 Å². The average molecular weight is 352 g/mol. The Hall–Kier alpha value is -0.550. The molecule has 0 aliphatic carbocycles. The first kappa shape index (κ1) is 23.4. The number of rotatable bonds is 15. The molecule has 0 aromatic carbocycles. The minimum Gasteiger partial charge on any atom is -0.347 e. The average Bonchev–Trinajstić information content (AvgIpc) is 2.50. The zero-order valence-electron chi connectivity index (χ0n) is 15.6. The fourth-order valence-corrected chi connectivity index (χ4v) is 2.69. The first-order valence-electron chi connectivity index (χ1n) is 9.41. The molecule has 0 N–H and O–H groups in total. The lowest BCUT2D eigenvalue weighted by atomic mass is 10.0. The molecular weight excluding hydrogens is 317 g/mol. The smallest absolute Gasteiger partial charge is 0.347 e. The molecule has 0 spiro atoms. The highest BCUT2D eigenvalue weighted by molar-refractivity contribution is 4.97. The highest BCUT2D eigenvalue weighted by Crippen LogP contribution is 2.26. The van der Waals surface area contributed by atoms with Crippen molar-refractivity contribution in [3.05, 3.63) is 12.2 Å². The van der Waals surface area contributed by atoms with Gasteiger partial charge in [-0.1, -0.05) is 51.5 Å². The molecule has 0 radical (unpaired) electrons. The van der Waals surface area contributed by atoms with Crippen LogP contribution in [0.2, 0.25) is 0 Å². The van der Waals surface area contributed by atoms with Gasteiger partial charge >= 0.3 is 6.18 Å². The number of halogens is 3. The molecule has 0 fully saturated rings. The predicted molar refractivity (Wildman–Crippen MR) is 93.0 cm³/mol. The third-order valence-electron chi connectivity index (χ3n) is 3.87. The van der Waals surface area contributed by atoms with Crippen LogP contribution in [0, 0.1) is 0 Å². The van der Waals surface area contributed by atoms with Crippen molar-refractivity contribution in [3.63, 3.8) is 0 Å². The summed E-state index contributed by atoms with van der Waals surface area (Å²) in [6.45, 7) is 6.90. The van der Waals surface area contributed by atoms with E-state index in [1.165, 1.54) is 32.1 Å². The van der Waals surface area contributed by atoms with Crippen LogP contribution in [0.4, 0.5) is 13.2 Å². The van der Waals surface area contributed by atoms with E-state index in [0.717, 1.165) is 12.8 Å². The molecule has 0 heterocycles. The van der Waals surface area contributed by atoms with Crippen LogP contribution in [0.25, 0.3) is 0 Å². The Morgan fingerprint density at radius 3 is 1.79 bits per heavy atom. The highest BCUT2D eigenvalue weighted by atomic mass is 19.4. The molecule has 2 nitrogen and oxygen atoms in total. The molecule has 0 amide bonds. The summed E-state index contributed by atoms with van der Waals surface area (Å²) < 4.78 is 48.3. The van der Waals surface area contributed by atoms with Crippen LogP contribution in [0.5, 0.6) is 0 Å². The van der Waals surface area contributed by atoms with E-state index in [1.807, 2.05) is 13.8 Å². The lowest BCUT2D eigenvalue weighted by Crippen LogP contribution is -2.34. The molecule has 0 atom stereocenters. The van der Waals surface area contributed by atoms with E-state index in [-0.39, 0.29) is 6.42 Å². The molecule has 5 heteroatoms. The maximum absolute atomic E-state index is 12.3. The maximum Gasteiger partial charge on any atom is 0.389 e. The number of alkyl halides is 3. The highest BCUT2D eigenvalue weighted by Gasteiger charge is 2.29. The number of unbranched alkanes of at least 4 members (excludes halogenated alkanes) is 6. The maximum atomic E-state index is 12.3. The normalized spacial score (nSPS) is 13.1. The lowest BCUT2D eigenvalue weighted by Gasteiger charge is -2.30. The van der Waals surface area contributed by atoms with Crippen molar-refractivity contribution < 1.29 is 22.6 Å². The first-order valence-corrected chi connectivity index (χ1v) is 9.41. The minimum absolute atomic E-state index is 0.0393. The summed E-state index contributed by atoms with van der Waals surface area (Å²) in [7, 11) is 0. The molecule has 0 saturated carbocycles. The summed E-state index contributed by atoms with van der Waals surface area (Å²) in [4.78, 5) is 0. The van der Waals surface area contributed by atoms with Gasteiger partial charge in [-0.25, -0.2) is 0 Å². The van der Waals surface area contributed by atoms with E-state index >= 15 is 0 Å². The molecule has 0 aromatic rings. The Morgan fingerprint density at radius 1 is 0.750 bits per heavy atom. The van der Waals surface area contributed by atoms with Gasteiger partial charge in [-0.2, -0.15) is 13.2 Å². The molecule has 0 unspecified atom stereocenters. The Balaban J connectivity index is 4.39. The van der Waals surface area contributed by atoms with Crippen LogP contribution in [0.15, 0.2) is 12.2 Å². The summed E-state index contributed by atoms with van der Waals surface area (Å²) in [6.07, 6.45) is 7.21. The van der Waals surface area contributed by atoms with Gasteiger partial charge in [0.15, 0.2) is 5.79 Å². The third kappa shape index (κ3) is 12.8. The molecule has 0 aliphatic rings. The lowest BCUT2D eigenvalue weighted by molar-refractivity contribution is -0.203. The van der Waals surface area contributed by atoms with E-state index in [9.17, 15) is 13.2 Å². The molecule has 0 aromatic heterocycles. The Labute approximate surface area is 145 Å². The Morgan fingerprint density at radius 2 is 1.29 bits per heavy atom. The quantitative estimate of drug-likeness (QED) is 0.183. The van der Waals surface area contributed by atoms with E-state index in [1.54, 1.807) is 12.2 Å². The van der Waals surface area contributed by atoms with Gasteiger partial charge in [0.05, 0.1) is 0 Å². The second kappa shape index (κ2) is 13.7. The summed E-state index contributed by atoms with van der Waals surface area (Å²) in [5, 5.41) is 0. The predicted octanol–water partition coefficient (Wildman–Crippen LogP) is 6.80. The van der Waals surface area contributed by atoms with Crippen molar-refractivity contribution in [2.75, 3.05) is 13.2 Å².